The predicted octanol–water partition coefficient (Wildman–Crippen LogP) is 6.16. The van der Waals surface area contributed by atoms with Crippen molar-refractivity contribution >= 4 is 53.1 Å². The Bertz CT molecular complexity index is 2340. The smallest absolute Gasteiger partial charge is 0.289 e. The van der Waals surface area contributed by atoms with Crippen LogP contribution in [0.1, 0.15) is 22.4 Å². The van der Waals surface area contributed by atoms with Crippen molar-refractivity contribution < 1.29 is 21.8 Å². The van der Waals surface area contributed by atoms with Crippen LogP contribution in [0.25, 0.3) is 27.4 Å². The molecule has 0 spiro atoms. The second-order valence-corrected chi connectivity index (χ2v) is 14.1. The average molecular weight is 641 g/mol. The molecule has 0 saturated heterocycles. The minimum Gasteiger partial charge on any atom is -0.354 e. The van der Waals surface area contributed by atoms with Gasteiger partial charge in [-0.2, -0.15) is 0 Å². The number of nitrogens with zero attached hydrogens (tertiary/aromatic N) is 2. The number of rotatable bonds is 10. The molecule has 228 valence electrons. The zero-order valence-electron chi connectivity index (χ0n) is 24.1. The third-order valence-corrected chi connectivity index (χ3v) is 10.9. The number of aromatic nitrogens is 2. The van der Waals surface area contributed by atoms with Crippen molar-refractivity contribution in [1.82, 2.24) is 13.7 Å². The number of para-hydroxylation sites is 2. The quantitative estimate of drug-likeness (QED) is 0.136. The summed E-state index contributed by atoms with van der Waals surface area (Å²) in [5.74, 6) is 0. The monoisotopic (exact) mass is 640 g/mol. The fourth-order valence-electron chi connectivity index (χ4n) is 5.42. The lowest BCUT2D eigenvalue weighted by atomic mass is 9.98. The third-order valence-electron chi connectivity index (χ3n) is 7.71. The van der Waals surface area contributed by atoms with Gasteiger partial charge >= 0.3 is 0 Å². The van der Waals surface area contributed by atoms with Crippen LogP contribution in [0.15, 0.2) is 120 Å². The summed E-state index contributed by atoms with van der Waals surface area (Å²) >= 11 is 0. The Morgan fingerprint density at radius 3 is 2.40 bits per heavy atom. The van der Waals surface area contributed by atoms with Gasteiger partial charge in [-0.3, -0.25) is 10.1 Å². The maximum absolute atomic E-state index is 13.4. The van der Waals surface area contributed by atoms with Gasteiger partial charge < -0.3 is 4.98 Å². The van der Waals surface area contributed by atoms with Crippen LogP contribution in [0, 0.1) is 17.0 Å². The first-order valence-electron chi connectivity index (χ1n) is 13.9. The summed E-state index contributed by atoms with van der Waals surface area (Å²) in [5, 5.41) is 13.0. The molecule has 6 aromatic rings. The topological polar surface area (TPSA) is 144 Å². The Morgan fingerprint density at radius 1 is 0.933 bits per heavy atom. The van der Waals surface area contributed by atoms with Gasteiger partial charge in [-0.05, 0) is 72.5 Å². The summed E-state index contributed by atoms with van der Waals surface area (Å²) in [7, 11) is -7.96. The number of aryl methyl sites for hydroxylation is 1. The lowest BCUT2D eigenvalue weighted by Crippen LogP contribution is -2.26. The van der Waals surface area contributed by atoms with Crippen molar-refractivity contribution in [3.8, 4) is 0 Å². The van der Waals surface area contributed by atoms with Gasteiger partial charge in [-0.1, -0.05) is 60.7 Å². The molecule has 12 heteroatoms. The minimum atomic E-state index is -4.16. The van der Waals surface area contributed by atoms with Crippen molar-refractivity contribution in [2.75, 3.05) is 6.54 Å². The Labute approximate surface area is 259 Å². The molecule has 0 saturated carbocycles. The van der Waals surface area contributed by atoms with E-state index in [1.165, 1.54) is 28.4 Å². The first-order valence-corrected chi connectivity index (χ1v) is 16.9. The van der Waals surface area contributed by atoms with Crippen LogP contribution in [0.3, 0.4) is 0 Å². The van der Waals surface area contributed by atoms with E-state index < -0.39 is 35.6 Å². The lowest BCUT2D eigenvalue weighted by molar-refractivity contribution is -0.387. The van der Waals surface area contributed by atoms with Gasteiger partial charge in [0, 0.05) is 40.8 Å². The molecule has 0 fully saturated rings. The first-order chi connectivity index (χ1) is 21.5. The SMILES string of the molecule is C=C(c1ccc2c(ccn2S(=O)(=O)c2ccc(C)cc2)c1)c1[nH]c2ccccc2c1CCNS(=O)(=O)c1ccccc1[N+](=O)[O-]. The van der Waals surface area contributed by atoms with Gasteiger partial charge in [0.15, 0.2) is 4.90 Å². The van der Waals surface area contributed by atoms with E-state index in [-0.39, 0.29) is 17.9 Å². The molecule has 0 aliphatic heterocycles. The van der Waals surface area contributed by atoms with Crippen molar-refractivity contribution in [2.45, 2.75) is 23.1 Å². The number of hydrogen-bond donors (Lipinski definition) is 2. The third kappa shape index (κ3) is 5.55. The van der Waals surface area contributed by atoms with Crippen LogP contribution < -0.4 is 4.72 Å². The minimum absolute atomic E-state index is 0.0186. The van der Waals surface area contributed by atoms with E-state index in [1.807, 2.05) is 37.3 Å². The number of hydrogen-bond acceptors (Lipinski definition) is 6. The lowest BCUT2D eigenvalue weighted by Gasteiger charge is -2.11. The van der Waals surface area contributed by atoms with Gasteiger partial charge in [0.05, 0.1) is 15.3 Å². The summed E-state index contributed by atoms with van der Waals surface area (Å²) < 4.78 is 56.5. The highest BCUT2D eigenvalue weighted by atomic mass is 32.2. The fourth-order valence-corrected chi connectivity index (χ4v) is 7.98. The molecule has 4 aromatic carbocycles. The Balaban J connectivity index is 1.30. The zero-order valence-corrected chi connectivity index (χ0v) is 25.7. The van der Waals surface area contributed by atoms with Crippen LogP contribution >= 0.6 is 0 Å². The summed E-state index contributed by atoms with van der Waals surface area (Å²) in [4.78, 5) is 13.9. The number of H-pyrrole nitrogens is 1. The van der Waals surface area contributed by atoms with E-state index in [1.54, 1.807) is 42.5 Å². The van der Waals surface area contributed by atoms with Crippen LogP contribution in [-0.2, 0) is 26.5 Å². The first kappa shape index (κ1) is 30.0. The molecule has 2 aromatic heterocycles. The molecule has 0 amide bonds. The zero-order chi connectivity index (χ0) is 31.9. The highest BCUT2D eigenvalue weighted by Crippen LogP contribution is 2.33. The highest BCUT2D eigenvalue weighted by Gasteiger charge is 2.25. The number of aromatic amines is 1. The Kier molecular flexibility index (Phi) is 7.65. The number of nitro groups is 1. The van der Waals surface area contributed by atoms with Crippen LogP contribution in [-0.4, -0.2) is 37.3 Å². The molecule has 2 N–H and O–H groups in total. The molecular formula is C33H28N4O6S2. The van der Waals surface area contributed by atoms with Crippen LogP contribution in [0.4, 0.5) is 5.69 Å². The molecule has 2 heterocycles. The average Bonchev–Trinajstić information content (AvgIpc) is 3.63. The van der Waals surface area contributed by atoms with E-state index in [4.69, 9.17) is 0 Å². The molecule has 0 aliphatic rings. The molecule has 6 rings (SSSR count). The largest absolute Gasteiger partial charge is 0.354 e. The van der Waals surface area contributed by atoms with E-state index in [9.17, 15) is 26.9 Å². The second-order valence-electron chi connectivity index (χ2n) is 10.6. The summed E-state index contributed by atoms with van der Waals surface area (Å²) in [6.45, 7) is 6.21. The molecular weight excluding hydrogens is 613 g/mol. The number of nitro benzene ring substituents is 1. The van der Waals surface area contributed by atoms with E-state index >= 15 is 0 Å². The standard InChI is InChI=1S/C33H28N4O6S2/c1-22-11-14-26(15-12-22)45(42,43)36-20-18-25-21-24(13-16-30(25)36)23(2)33-28(27-7-3-4-8-29(27)35-33)17-19-34-44(40,41)32-10-6-5-9-31(32)37(38)39/h3-16,18,20-21,34-35H,2,17,19H2,1H3. The van der Waals surface area contributed by atoms with Gasteiger partial charge in [0.2, 0.25) is 10.0 Å². The van der Waals surface area contributed by atoms with Crippen molar-refractivity contribution in [2.24, 2.45) is 0 Å². The van der Waals surface area contributed by atoms with E-state index in [0.29, 0.717) is 22.2 Å². The summed E-state index contributed by atoms with van der Waals surface area (Å²) in [6, 6.07) is 26.6. The Morgan fingerprint density at radius 2 is 1.64 bits per heavy atom. The number of benzene rings is 4. The second kappa shape index (κ2) is 11.5. The van der Waals surface area contributed by atoms with Gasteiger partial charge in [0.1, 0.15) is 0 Å². The predicted molar refractivity (Wildman–Crippen MR) is 174 cm³/mol. The van der Waals surface area contributed by atoms with Crippen molar-refractivity contribution in [1.29, 1.82) is 0 Å². The van der Waals surface area contributed by atoms with E-state index in [0.717, 1.165) is 33.7 Å². The van der Waals surface area contributed by atoms with Crippen molar-refractivity contribution in [3.63, 3.8) is 0 Å². The maximum Gasteiger partial charge on any atom is 0.289 e. The van der Waals surface area contributed by atoms with Crippen LogP contribution in [0.2, 0.25) is 0 Å². The van der Waals surface area contributed by atoms with E-state index in [2.05, 4.69) is 16.3 Å². The molecule has 0 bridgehead atoms. The number of nitrogens with one attached hydrogen (secondary N) is 2. The normalized spacial score (nSPS) is 12.1. The molecule has 45 heavy (non-hydrogen) atoms. The summed E-state index contributed by atoms with van der Waals surface area (Å²) in [5.41, 5.74) is 4.73. The van der Waals surface area contributed by atoms with Gasteiger partial charge in [0.25, 0.3) is 15.7 Å². The Hall–Kier alpha value is -5.04. The maximum atomic E-state index is 13.4. The molecule has 0 radical (unpaired) electrons. The molecule has 0 unspecified atom stereocenters. The number of fused-ring (bicyclic) bond motifs is 2. The van der Waals surface area contributed by atoms with Crippen molar-refractivity contribution in [3.05, 3.63) is 142 Å². The molecule has 0 aliphatic carbocycles. The summed E-state index contributed by atoms with van der Waals surface area (Å²) in [6.07, 6.45) is 1.80. The van der Waals surface area contributed by atoms with Gasteiger partial charge in [-0.25, -0.2) is 25.5 Å². The van der Waals surface area contributed by atoms with Crippen LogP contribution in [0.5, 0.6) is 0 Å². The molecule has 10 nitrogen and oxygen atoms in total. The highest BCUT2D eigenvalue weighted by molar-refractivity contribution is 7.90. The molecule has 0 atom stereocenters. The number of sulfonamides is 1. The van der Waals surface area contributed by atoms with Gasteiger partial charge in [-0.15, -0.1) is 0 Å². The fraction of sp³-hybridized carbons (Fsp3) is 0.0909.